The monoisotopic (exact) mass is 447 g/mol. The number of sulfonamides is 1. The first-order valence-corrected chi connectivity index (χ1v) is 11.1. The Labute approximate surface area is 178 Å². The highest BCUT2D eigenvalue weighted by Crippen LogP contribution is 2.23. The number of esters is 1. The molecule has 0 atom stereocenters. The van der Waals surface area contributed by atoms with Crippen molar-refractivity contribution in [3.8, 4) is 11.5 Å². The summed E-state index contributed by atoms with van der Waals surface area (Å²) in [5.74, 6) is -0.287. The Hall–Kier alpha value is -2.75. The van der Waals surface area contributed by atoms with Crippen LogP contribution in [0.25, 0.3) is 11.5 Å². The first-order chi connectivity index (χ1) is 14.4. The summed E-state index contributed by atoms with van der Waals surface area (Å²) in [6, 6.07) is 12.7. The van der Waals surface area contributed by atoms with E-state index in [-0.39, 0.29) is 28.8 Å². The van der Waals surface area contributed by atoms with Gasteiger partial charge in [-0.05, 0) is 55.3 Å². The molecule has 4 rings (SSSR count). The molecule has 0 spiro atoms. The molecule has 3 aromatic rings. The number of ether oxygens (including phenoxy) is 1. The van der Waals surface area contributed by atoms with Gasteiger partial charge in [-0.15, -0.1) is 10.2 Å². The van der Waals surface area contributed by atoms with E-state index in [4.69, 9.17) is 20.8 Å². The van der Waals surface area contributed by atoms with Crippen LogP contribution < -0.4 is 0 Å². The molecule has 30 heavy (non-hydrogen) atoms. The molecule has 0 N–H and O–H groups in total. The number of halogens is 1. The molecule has 1 aliphatic rings. The normalized spacial score (nSPS) is 14.7. The average Bonchev–Trinajstić information content (AvgIpc) is 3.45. The lowest BCUT2D eigenvalue weighted by Gasteiger charge is -2.15. The molecule has 0 unspecified atom stereocenters. The summed E-state index contributed by atoms with van der Waals surface area (Å²) in [4.78, 5) is 12.5. The zero-order valence-electron chi connectivity index (χ0n) is 15.8. The smallest absolute Gasteiger partial charge is 0.338 e. The Balaban J connectivity index is 1.43. The van der Waals surface area contributed by atoms with Gasteiger partial charge in [0.2, 0.25) is 15.9 Å². The maximum Gasteiger partial charge on any atom is 0.338 e. The zero-order valence-corrected chi connectivity index (χ0v) is 17.4. The minimum absolute atomic E-state index is 0.0710. The van der Waals surface area contributed by atoms with Gasteiger partial charge in [-0.3, -0.25) is 0 Å². The van der Waals surface area contributed by atoms with E-state index in [1.54, 1.807) is 24.3 Å². The van der Waals surface area contributed by atoms with Gasteiger partial charge < -0.3 is 9.15 Å². The minimum atomic E-state index is -3.62. The fourth-order valence-corrected chi connectivity index (χ4v) is 4.78. The van der Waals surface area contributed by atoms with Gasteiger partial charge in [-0.2, -0.15) is 4.31 Å². The van der Waals surface area contributed by atoms with E-state index in [1.807, 2.05) is 0 Å². The minimum Gasteiger partial charge on any atom is -0.452 e. The molecule has 0 amide bonds. The summed E-state index contributed by atoms with van der Waals surface area (Å²) in [7, 11) is -3.62. The van der Waals surface area contributed by atoms with Crippen molar-refractivity contribution in [2.45, 2.75) is 24.3 Å². The third kappa shape index (κ3) is 4.38. The van der Waals surface area contributed by atoms with Crippen LogP contribution in [-0.2, 0) is 21.4 Å². The maximum atomic E-state index is 12.7. The third-order valence-electron chi connectivity index (χ3n) is 4.66. The highest BCUT2D eigenvalue weighted by molar-refractivity contribution is 7.89. The molecular formula is C20H18ClN3O5S. The summed E-state index contributed by atoms with van der Waals surface area (Å²) in [5.41, 5.74) is 0.817. The van der Waals surface area contributed by atoms with Crippen molar-refractivity contribution >= 4 is 27.6 Å². The lowest BCUT2D eigenvalue weighted by atomic mass is 10.2. The summed E-state index contributed by atoms with van der Waals surface area (Å²) in [5, 5.41) is 8.37. The van der Waals surface area contributed by atoms with Crippen LogP contribution in [0.1, 0.15) is 29.1 Å². The van der Waals surface area contributed by atoms with Gasteiger partial charge in [0.05, 0.1) is 10.5 Å². The van der Waals surface area contributed by atoms with E-state index in [0.29, 0.717) is 23.7 Å². The second-order valence-electron chi connectivity index (χ2n) is 6.72. The number of carbonyl (C=O) groups is 1. The van der Waals surface area contributed by atoms with Crippen LogP contribution in [-0.4, -0.2) is 42.0 Å². The van der Waals surface area contributed by atoms with E-state index in [9.17, 15) is 13.2 Å². The standard InChI is InChI=1S/C20H18ClN3O5S/c21-16-8-6-14(7-9-16)19-23-22-18(29-19)13-28-20(25)15-4-3-5-17(12-15)30(26,27)24-10-1-2-11-24/h3-9,12H,1-2,10-11,13H2. The summed E-state index contributed by atoms with van der Waals surface area (Å²) >= 11 is 5.86. The summed E-state index contributed by atoms with van der Waals surface area (Å²) < 4.78 is 37.5. The highest BCUT2D eigenvalue weighted by Gasteiger charge is 2.27. The van der Waals surface area contributed by atoms with Crippen molar-refractivity contribution < 1.29 is 22.4 Å². The Bertz CT molecular complexity index is 1160. The fourth-order valence-electron chi connectivity index (χ4n) is 3.09. The molecule has 2 aromatic carbocycles. The highest BCUT2D eigenvalue weighted by atomic mass is 35.5. The molecule has 1 fully saturated rings. The van der Waals surface area contributed by atoms with E-state index >= 15 is 0 Å². The lowest BCUT2D eigenvalue weighted by molar-refractivity contribution is 0.0438. The Morgan fingerprint density at radius 3 is 2.57 bits per heavy atom. The molecule has 1 saturated heterocycles. The maximum absolute atomic E-state index is 12.7. The average molecular weight is 448 g/mol. The number of carbonyl (C=O) groups excluding carboxylic acids is 1. The van der Waals surface area contributed by atoms with E-state index < -0.39 is 16.0 Å². The van der Waals surface area contributed by atoms with Crippen molar-refractivity contribution in [3.63, 3.8) is 0 Å². The predicted molar refractivity (Wildman–Crippen MR) is 108 cm³/mol. The van der Waals surface area contributed by atoms with Crippen LogP contribution in [0, 0.1) is 0 Å². The molecule has 0 aliphatic carbocycles. The predicted octanol–water partition coefficient (Wildman–Crippen LogP) is 3.53. The topological polar surface area (TPSA) is 103 Å². The van der Waals surface area contributed by atoms with Crippen LogP contribution in [0.3, 0.4) is 0 Å². The van der Waals surface area contributed by atoms with Crippen LogP contribution in [0.5, 0.6) is 0 Å². The number of hydrogen-bond acceptors (Lipinski definition) is 7. The SMILES string of the molecule is O=C(OCc1nnc(-c2ccc(Cl)cc2)o1)c1cccc(S(=O)(=O)N2CCCC2)c1. The number of rotatable bonds is 6. The number of nitrogens with zero attached hydrogens (tertiary/aromatic N) is 3. The van der Waals surface area contributed by atoms with Gasteiger partial charge in [0, 0.05) is 23.7 Å². The Kier molecular flexibility index (Phi) is 5.85. The second-order valence-corrected chi connectivity index (χ2v) is 9.10. The zero-order chi connectivity index (χ0) is 21.1. The lowest BCUT2D eigenvalue weighted by Crippen LogP contribution is -2.28. The summed E-state index contributed by atoms with van der Waals surface area (Å²) in [6.45, 7) is 0.747. The van der Waals surface area contributed by atoms with Gasteiger partial charge in [0.1, 0.15) is 0 Å². The van der Waals surface area contributed by atoms with Crippen LogP contribution in [0.15, 0.2) is 57.8 Å². The van der Waals surface area contributed by atoms with Gasteiger partial charge in [0.15, 0.2) is 6.61 Å². The van der Waals surface area contributed by atoms with E-state index in [1.165, 1.54) is 28.6 Å². The van der Waals surface area contributed by atoms with Gasteiger partial charge >= 0.3 is 5.97 Å². The van der Waals surface area contributed by atoms with Crippen LogP contribution in [0.4, 0.5) is 0 Å². The fraction of sp³-hybridized carbons (Fsp3) is 0.250. The van der Waals surface area contributed by atoms with Crippen molar-refractivity contribution in [3.05, 3.63) is 65.0 Å². The largest absolute Gasteiger partial charge is 0.452 e. The summed E-state index contributed by atoms with van der Waals surface area (Å²) in [6.07, 6.45) is 1.67. The van der Waals surface area contributed by atoms with Crippen molar-refractivity contribution in [1.29, 1.82) is 0 Å². The van der Waals surface area contributed by atoms with Crippen molar-refractivity contribution in [1.82, 2.24) is 14.5 Å². The molecule has 1 aromatic heterocycles. The van der Waals surface area contributed by atoms with Gasteiger partial charge in [-0.25, -0.2) is 13.2 Å². The van der Waals surface area contributed by atoms with E-state index in [2.05, 4.69) is 10.2 Å². The first-order valence-electron chi connectivity index (χ1n) is 9.29. The molecule has 156 valence electrons. The van der Waals surface area contributed by atoms with E-state index in [0.717, 1.165) is 12.8 Å². The Morgan fingerprint density at radius 1 is 1.10 bits per heavy atom. The van der Waals surface area contributed by atoms with Gasteiger partial charge in [0.25, 0.3) is 5.89 Å². The van der Waals surface area contributed by atoms with Crippen LogP contribution >= 0.6 is 11.6 Å². The molecule has 0 saturated carbocycles. The molecule has 0 bridgehead atoms. The van der Waals surface area contributed by atoms with Crippen molar-refractivity contribution in [2.75, 3.05) is 13.1 Å². The number of benzene rings is 2. The first kappa shape index (κ1) is 20.5. The Morgan fingerprint density at radius 2 is 1.83 bits per heavy atom. The molecule has 1 aliphatic heterocycles. The molecular weight excluding hydrogens is 430 g/mol. The van der Waals surface area contributed by atoms with Crippen LogP contribution in [0.2, 0.25) is 5.02 Å². The second kappa shape index (κ2) is 8.55. The number of hydrogen-bond donors (Lipinski definition) is 0. The van der Waals surface area contributed by atoms with Gasteiger partial charge in [-0.1, -0.05) is 17.7 Å². The molecule has 2 heterocycles. The molecule has 8 nitrogen and oxygen atoms in total. The van der Waals surface area contributed by atoms with Crippen molar-refractivity contribution in [2.24, 2.45) is 0 Å². The molecule has 0 radical (unpaired) electrons. The third-order valence-corrected chi connectivity index (χ3v) is 6.80. The number of aromatic nitrogens is 2. The molecule has 10 heteroatoms. The quantitative estimate of drug-likeness (QED) is 0.532.